The van der Waals surface area contributed by atoms with E-state index in [1.54, 1.807) is 0 Å². The van der Waals surface area contributed by atoms with Crippen LogP contribution in [0.15, 0.2) is 17.1 Å². The van der Waals surface area contributed by atoms with E-state index in [0.29, 0.717) is 12.4 Å². The molecule has 2 aromatic rings. The predicted octanol–water partition coefficient (Wildman–Crippen LogP) is 2.57. The highest BCUT2D eigenvalue weighted by atomic mass is 19.2. The lowest BCUT2D eigenvalue weighted by molar-refractivity contribution is 0.112. The van der Waals surface area contributed by atoms with Gasteiger partial charge in [-0.15, -0.1) is 0 Å². The average molecular weight is 267 g/mol. The lowest BCUT2D eigenvalue weighted by Crippen LogP contribution is -2.16. The van der Waals surface area contributed by atoms with E-state index in [0.717, 1.165) is 12.8 Å². The van der Waals surface area contributed by atoms with Crippen LogP contribution in [0.2, 0.25) is 0 Å². The van der Waals surface area contributed by atoms with Gasteiger partial charge in [-0.25, -0.2) is 13.2 Å². The zero-order valence-electron chi connectivity index (χ0n) is 9.62. The monoisotopic (exact) mass is 267 g/mol. The van der Waals surface area contributed by atoms with Gasteiger partial charge in [-0.3, -0.25) is 9.59 Å². The fraction of sp³-hybridized carbons (Fsp3) is 0.231. The summed E-state index contributed by atoms with van der Waals surface area (Å²) in [7, 11) is 0. The van der Waals surface area contributed by atoms with Crippen molar-refractivity contribution < 1.29 is 18.0 Å². The SMILES string of the molecule is O=Cc1cn(C2CC2)c2c(F)c(F)c(F)cc2c1=O. The number of benzene rings is 1. The Morgan fingerprint density at radius 1 is 1.21 bits per heavy atom. The number of pyridine rings is 1. The Morgan fingerprint density at radius 3 is 2.47 bits per heavy atom. The predicted molar refractivity (Wildman–Crippen MR) is 61.7 cm³/mol. The summed E-state index contributed by atoms with van der Waals surface area (Å²) in [5.41, 5.74) is -1.26. The summed E-state index contributed by atoms with van der Waals surface area (Å²) in [5, 5.41) is -0.312. The molecule has 6 heteroatoms. The number of aldehydes is 1. The fourth-order valence-electron chi connectivity index (χ4n) is 2.16. The number of nitrogens with zero attached hydrogens (tertiary/aromatic N) is 1. The maximum Gasteiger partial charge on any atom is 0.200 e. The molecule has 0 spiro atoms. The van der Waals surface area contributed by atoms with Crippen LogP contribution < -0.4 is 5.43 Å². The van der Waals surface area contributed by atoms with Crippen LogP contribution in [-0.2, 0) is 0 Å². The number of halogens is 3. The van der Waals surface area contributed by atoms with Gasteiger partial charge in [0, 0.05) is 12.2 Å². The molecule has 1 fully saturated rings. The maximum absolute atomic E-state index is 13.9. The summed E-state index contributed by atoms with van der Waals surface area (Å²) in [4.78, 5) is 22.7. The van der Waals surface area contributed by atoms with Crippen LogP contribution in [0.4, 0.5) is 13.2 Å². The zero-order valence-corrected chi connectivity index (χ0v) is 9.62. The van der Waals surface area contributed by atoms with Crippen molar-refractivity contribution in [1.82, 2.24) is 4.57 Å². The summed E-state index contributed by atoms with van der Waals surface area (Å²) in [6, 6.07) is 0.559. The highest BCUT2D eigenvalue weighted by Crippen LogP contribution is 2.37. The Hall–Kier alpha value is -2.11. The van der Waals surface area contributed by atoms with E-state index in [2.05, 4.69) is 0 Å². The van der Waals surface area contributed by atoms with E-state index < -0.39 is 22.9 Å². The van der Waals surface area contributed by atoms with E-state index >= 15 is 0 Å². The molecular formula is C13H8F3NO2. The average Bonchev–Trinajstić information content (AvgIpc) is 3.21. The van der Waals surface area contributed by atoms with Crippen LogP contribution in [0.5, 0.6) is 0 Å². The molecule has 1 heterocycles. The highest BCUT2D eigenvalue weighted by Gasteiger charge is 2.28. The lowest BCUT2D eigenvalue weighted by atomic mass is 10.1. The molecule has 0 unspecified atom stereocenters. The molecular weight excluding hydrogens is 259 g/mol. The van der Waals surface area contributed by atoms with E-state index in [1.165, 1.54) is 10.8 Å². The molecule has 3 nitrogen and oxygen atoms in total. The first-order valence-corrected chi connectivity index (χ1v) is 5.72. The van der Waals surface area contributed by atoms with Gasteiger partial charge in [0.2, 0.25) is 0 Å². The minimum Gasteiger partial charge on any atom is -0.341 e. The van der Waals surface area contributed by atoms with E-state index in [9.17, 15) is 22.8 Å². The van der Waals surface area contributed by atoms with Gasteiger partial charge < -0.3 is 4.57 Å². The first-order valence-electron chi connectivity index (χ1n) is 5.72. The minimum absolute atomic E-state index is 0.0823. The minimum atomic E-state index is -1.61. The van der Waals surface area contributed by atoms with Gasteiger partial charge in [-0.2, -0.15) is 0 Å². The van der Waals surface area contributed by atoms with Crippen LogP contribution in [0, 0.1) is 17.5 Å². The molecule has 1 aromatic heterocycles. The van der Waals surface area contributed by atoms with E-state index in [-0.39, 0.29) is 22.5 Å². The normalized spacial score (nSPS) is 14.9. The number of rotatable bonds is 2. The highest BCUT2D eigenvalue weighted by molar-refractivity contribution is 5.86. The van der Waals surface area contributed by atoms with Gasteiger partial charge in [0.1, 0.15) is 0 Å². The summed E-state index contributed by atoms with van der Waals surface area (Å²) in [5.74, 6) is -4.44. The van der Waals surface area contributed by atoms with Crippen LogP contribution in [0.3, 0.4) is 0 Å². The van der Waals surface area contributed by atoms with Crippen molar-refractivity contribution in [1.29, 1.82) is 0 Å². The molecule has 0 saturated heterocycles. The van der Waals surface area contributed by atoms with Gasteiger partial charge in [0.15, 0.2) is 29.2 Å². The summed E-state index contributed by atoms with van der Waals surface area (Å²) < 4.78 is 41.7. The maximum atomic E-state index is 13.9. The number of hydrogen-bond donors (Lipinski definition) is 0. The van der Waals surface area contributed by atoms with Gasteiger partial charge in [-0.1, -0.05) is 0 Å². The number of fused-ring (bicyclic) bond motifs is 1. The third kappa shape index (κ3) is 1.67. The first-order chi connectivity index (χ1) is 9.04. The number of carbonyl (C=O) groups excluding carboxylic acids is 1. The Labute approximate surface area is 105 Å². The van der Waals surface area contributed by atoms with Crippen molar-refractivity contribution in [3.63, 3.8) is 0 Å². The molecule has 3 rings (SSSR count). The topological polar surface area (TPSA) is 39.1 Å². The molecule has 1 saturated carbocycles. The second-order valence-electron chi connectivity index (χ2n) is 4.55. The van der Waals surface area contributed by atoms with Crippen LogP contribution in [-0.4, -0.2) is 10.9 Å². The summed E-state index contributed by atoms with van der Waals surface area (Å²) in [6.45, 7) is 0. The Kier molecular flexibility index (Phi) is 2.48. The first kappa shape index (κ1) is 12.0. The Morgan fingerprint density at radius 2 is 1.89 bits per heavy atom. The molecule has 1 aromatic carbocycles. The fourth-order valence-corrected chi connectivity index (χ4v) is 2.16. The van der Waals surface area contributed by atoms with Crippen molar-refractivity contribution in [3.8, 4) is 0 Å². The molecule has 0 radical (unpaired) electrons. The standard InChI is InChI=1S/C13H8F3NO2/c14-9-3-8-12(11(16)10(9)15)17(7-1-2-7)4-6(5-18)13(8)19/h3-5,7H,1-2H2. The molecule has 0 N–H and O–H groups in total. The molecule has 98 valence electrons. The molecule has 19 heavy (non-hydrogen) atoms. The molecule has 0 aliphatic heterocycles. The Bertz CT molecular complexity index is 763. The molecule has 1 aliphatic carbocycles. The summed E-state index contributed by atoms with van der Waals surface area (Å²) >= 11 is 0. The number of carbonyl (C=O) groups is 1. The lowest BCUT2D eigenvalue weighted by Gasteiger charge is -2.12. The number of aromatic nitrogens is 1. The zero-order chi connectivity index (χ0) is 13.7. The van der Waals surface area contributed by atoms with Gasteiger partial charge in [0.05, 0.1) is 16.5 Å². The second kappa shape index (κ2) is 3.94. The molecule has 1 aliphatic rings. The van der Waals surface area contributed by atoms with Crippen LogP contribution in [0.25, 0.3) is 10.9 Å². The van der Waals surface area contributed by atoms with E-state index in [1.807, 2.05) is 0 Å². The van der Waals surface area contributed by atoms with Gasteiger partial charge in [-0.05, 0) is 18.9 Å². The third-order valence-corrected chi connectivity index (χ3v) is 3.25. The number of hydrogen-bond acceptors (Lipinski definition) is 2. The smallest absolute Gasteiger partial charge is 0.200 e. The Balaban J connectivity index is 2.53. The second-order valence-corrected chi connectivity index (χ2v) is 4.55. The quantitative estimate of drug-likeness (QED) is 0.619. The third-order valence-electron chi connectivity index (χ3n) is 3.25. The van der Waals surface area contributed by atoms with Crippen molar-refractivity contribution in [2.24, 2.45) is 0 Å². The van der Waals surface area contributed by atoms with Crippen LogP contribution >= 0.6 is 0 Å². The van der Waals surface area contributed by atoms with Crippen LogP contribution in [0.1, 0.15) is 29.2 Å². The van der Waals surface area contributed by atoms with Crippen molar-refractivity contribution in [2.75, 3.05) is 0 Å². The molecule has 0 atom stereocenters. The van der Waals surface area contributed by atoms with E-state index in [4.69, 9.17) is 0 Å². The van der Waals surface area contributed by atoms with Crippen molar-refractivity contribution in [3.05, 3.63) is 45.5 Å². The molecule has 0 amide bonds. The molecule has 0 bridgehead atoms. The van der Waals surface area contributed by atoms with Gasteiger partial charge >= 0.3 is 0 Å². The van der Waals surface area contributed by atoms with Gasteiger partial charge in [0.25, 0.3) is 0 Å². The summed E-state index contributed by atoms with van der Waals surface area (Å²) in [6.07, 6.45) is 3.03. The van der Waals surface area contributed by atoms with Crippen molar-refractivity contribution >= 4 is 17.2 Å². The van der Waals surface area contributed by atoms with Crippen molar-refractivity contribution in [2.45, 2.75) is 18.9 Å². The largest absolute Gasteiger partial charge is 0.341 e.